The van der Waals surface area contributed by atoms with Gasteiger partial charge in [-0.25, -0.2) is 10.0 Å². The monoisotopic (exact) mass is 217 g/mol. The summed E-state index contributed by atoms with van der Waals surface area (Å²) in [5.74, 6) is -0.0889. The number of nitrogens with one attached hydrogen (secondary N) is 1. The van der Waals surface area contributed by atoms with Gasteiger partial charge < -0.3 is 4.98 Å². The van der Waals surface area contributed by atoms with Crippen molar-refractivity contribution in [3.05, 3.63) is 30.1 Å². The number of hydrogen-bond donors (Lipinski definition) is 1. The number of imidazole rings is 1. The highest BCUT2D eigenvalue weighted by atomic mass is 16.7. The van der Waals surface area contributed by atoms with Crippen molar-refractivity contribution >= 4 is 16.9 Å². The van der Waals surface area contributed by atoms with Crippen LogP contribution < -0.4 is 0 Å². The molecule has 5 heteroatoms. The van der Waals surface area contributed by atoms with Crippen LogP contribution in [0.3, 0.4) is 0 Å². The van der Waals surface area contributed by atoms with E-state index in [-0.39, 0.29) is 5.91 Å². The smallest absolute Gasteiger partial charge is 0.277 e. The lowest BCUT2D eigenvalue weighted by atomic mass is 10.2. The molecular weight excluding hydrogens is 206 g/mol. The predicted molar refractivity (Wildman–Crippen MR) is 57.7 cm³/mol. The van der Waals surface area contributed by atoms with Gasteiger partial charge in [0.1, 0.15) is 0 Å². The molecule has 0 saturated carbocycles. The van der Waals surface area contributed by atoms with Crippen molar-refractivity contribution in [1.29, 1.82) is 0 Å². The van der Waals surface area contributed by atoms with Gasteiger partial charge in [-0.3, -0.25) is 9.63 Å². The quantitative estimate of drug-likeness (QED) is 0.784. The van der Waals surface area contributed by atoms with Crippen molar-refractivity contribution in [2.45, 2.75) is 6.42 Å². The molecule has 1 N–H and O–H groups in total. The number of aromatic amines is 1. The summed E-state index contributed by atoms with van der Waals surface area (Å²) in [7, 11) is 0. The maximum Gasteiger partial charge on any atom is 0.277 e. The molecule has 1 fully saturated rings. The fourth-order valence-electron chi connectivity index (χ4n) is 1.82. The largest absolute Gasteiger partial charge is 0.345 e. The molecule has 3 rings (SSSR count). The van der Waals surface area contributed by atoms with Gasteiger partial charge in [-0.1, -0.05) is 0 Å². The zero-order valence-corrected chi connectivity index (χ0v) is 8.64. The molecule has 82 valence electrons. The lowest BCUT2D eigenvalue weighted by molar-refractivity contribution is -0.0768. The number of fused-ring (bicyclic) bond motifs is 1. The van der Waals surface area contributed by atoms with Crippen molar-refractivity contribution < 1.29 is 9.63 Å². The normalized spacial score (nSPS) is 15.9. The van der Waals surface area contributed by atoms with Crippen LogP contribution in [-0.2, 0) is 4.84 Å². The molecule has 0 aliphatic carbocycles. The molecule has 1 saturated heterocycles. The maximum atomic E-state index is 12.0. The van der Waals surface area contributed by atoms with Crippen LogP contribution in [0.4, 0.5) is 0 Å². The number of hydrogen-bond acceptors (Lipinski definition) is 3. The van der Waals surface area contributed by atoms with Gasteiger partial charge >= 0.3 is 0 Å². The molecule has 1 aromatic heterocycles. The van der Waals surface area contributed by atoms with E-state index in [0.29, 0.717) is 18.7 Å². The van der Waals surface area contributed by atoms with Crippen LogP contribution in [0.2, 0.25) is 0 Å². The van der Waals surface area contributed by atoms with E-state index >= 15 is 0 Å². The Morgan fingerprint density at radius 3 is 3.25 bits per heavy atom. The summed E-state index contributed by atoms with van der Waals surface area (Å²) in [6.45, 7) is 1.29. The molecule has 0 bridgehead atoms. The summed E-state index contributed by atoms with van der Waals surface area (Å²) >= 11 is 0. The zero-order chi connectivity index (χ0) is 11.0. The van der Waals surface area contributed by atoms with Crippen LogP contribution in [-0.4, -0.2) is 34.1 Å². The van der Waals surface area contributed by atoms with Gasteiger partial charge in [0.2, 0.25) is 0 Å². The van der Waals surface area contributed by atoms with Crippen LogP contribution in [0.25, 0.3) is 11.0 Å². The van der Waals surface area contributed by atoms with Crippen LogP contribution in [0, 0.1) is 0 Å². The van der Waals surface area contributed by atoms with Gasteiger partial charge in [0, 0.05) is 5.56 Å². The molecule has 2 heterocycles. The van der Waals surface area contributed by atoms with E-state index in [0.717, 1.165) is 17.5 Å². The summed E-state index contributed by atoms with van der Waals surface area (Å²) in [5, 5.41) is 1.41. The Kier molecular flexibility index (Phi) is 2.11. The zero-order valence-electron chi connectivity index (χ0n) is 8.64. The molecule has 0 radical (unpaired) electrons. The van der Waals surface area contributed by atoms with E-state index < -0.39 is 0 Å². The molecule has 1 aliphatic heterocycles. The summed E-state index contributed by atoms with van der Waals surface area (Å²) in [6, 6.07) is 5.40. The SMILES string of the molecule is O=C(c1ccc2nc[nH]c2c1)N1CCCO1. The highest BCUT2D eigenvalue weighted by Gasteiger charge is 2.20. The number of carbonyl (C=O) groups is 1. The Bertz CT molecular complexity index is 529. The van der Waals surface area contributed by atoms with Gasteiger partial charge in [0.15, 0.2) is 0 Å². The standard InChI is InChI=1S/C11H11N3O2/c15-11(14-4-1-5-16-14)8-2-3-9-10(6-8)13-7-12-9/h2-3,6-7H,1,4-5H2,(H,12,13). The highest BCUT2D eigenvalue weighted by Crippen LogP contribution is 2.15. The van der Waals surface area contributed by atoms with Crippen LogP contribution in [0.5, 0.6) is 0 Å². The average molecular weight is 217 g/mol. The third-order valence-corrected chi connectivity index (χ3v) is 2.65. The predicted octanol–water partition coefficient (Wildman–Crippen LogP) is 1.34. The fourth-order valence-corrected chi connectivity index (χ4v) is 1.82. The van der Waals surface area contributed by atoms with Crippen LogP contribution in [0.1, 0.15) is 16.8 Å². The lowest BCUT2D eigenvalue weighted by Crippen LogP contribution is -2.26. The summed E-state index contributed by atoms with van der Waals surface area (Å²) < 4.78 is 0. The number of H-pyrrole nitrogens is 1. The molecule has 1 aliphatic rings. The summed E-state index contributed by atoms with van der Waals surface area (Å²) in [5.41, 5.74) is 2.35. The second-order valence-corrected chi connectivity index (χ2v) is 3.73. The maximum absolute atomic E-state index is 12.0. The molecule has 0 atom stereocenters. The van der Waals surface area contributed by atoms with Gasteiger partial charge in [0.25, 0.3) is 5.91 Å². The van der Waals surface area contributed by atoms with Gasteiger partial charge in [0.05, 0.1) is 30.5 Å². The summed E-state index contributed by atoms with van der Waals surface area (Å²) in [6.07, 6.45) is 2.52. The van der Waals surface area contributed by atoms with Crippen molar-refractivity contribution in [3.8, 4) is 0 Å². The number of rotatable bonds is 1. The number of benzene rings is 1. The first kappa shape index (κ1) is 9.35. The molecule has 0 spiro atoms. The number of hydroxylamine groups is 2. The lowest BCUT2D eigenvalue weighted by Gasteiger charge is -2.13. The Morgan fingerprint density at radius 1 is 1.50 bits per heavy atom. The number of carbonyl (C=O) groups excluding carboxylic acids is 1. The van der Waals surface area contributed by atoms with Gasteiger partial charge in [-0.2, -0.15) is 0 Å². The van der Waals surface area contributed by atoms with Crippen molar-refractivity contribution in [2.24, 2.45) is 0 Å². The Labute approximate surface area is 92.0 Å². The number of amides is 1. The highest BCUT2D eigenvalue weighted by molar-refractivity contribution is 5.96. The van der Waals surface area contributed by atoms with E-state index in [1.807, 2.05) is 6.07 Å². The van der Waals surface area contributed by atoms with Gasteiger partial charge in [-0.05, 0) is 24.6 Å². The number of nitrogens with zero attached hydrogens (tertiary/aromatic N) is 2. The molecule has 1 amide bonds. The van der Waals surface area contributed by atoms with E-state index in [2.05, 4.69) is 9.97 Å². The Morgan fingerprint density at radius 2 is 2.44 bits per heavy atom. The molecule has 1 aromatic carbocycles. The number of aromatic nitrogens is 2. The van der Waals surface area contributed by atoms with Crippen molar-refractivity contribution in [3.63, 3.8) is 0 Å². The van der Waals surface area contributed by atoms with E-state index in [9.17, 15) is 4.79 Å². The fraction of sp³-hybridized carbons (Fsp3) is 0.273. The molecule has 0 unspecified atom stereocenters. The average Bonchev–Trinajstić information content (AvgIpc) is 2.98. The summed E-state index contributed by atoms with van der Waals surface area (Å²) in [4.78, 5) is 24.3. The topological polar surface area (TPSA) is 58.2 Å². The van der Waals surface area contributed by atoms with E-state index in [4.69, 9.17) is 4.84 Å². The van der Waals surface area contributed by atoms with Gasteiger partial charge in [-0.15, -0.1) is 0 Å². The molecule has 5 nitrogen and oxygen atoms in total. The first-order valence-electron chi connectivity index (χ1n) is 5.22. The second-order valence-electron chi connectivity index (χ2n) is 3.73. The Balaban J connectivity index is 1.95. The van der Waals surface area contributed by atoms with Crippen molar-refractivity contribution in [1.82, 2.24) is 15.0 Å². The minimum absolute atomic E-state index is 0.0889. The van der Waals surface area contributed by atoms with Crippen LogP contribution >= 0.6 is 0 Å². The molecular formula is C11H11N3O2. The van der Waals surface area contributed by atoms with E-state index in [1.165, 1.54) is 5.06 Å². The third kappa shape index (κ3) is 1.45. The van der Waals surface area contributed by atoms with Crippen LogP contribution in [0.15, 0.2) is 24.5 Å². The second kappa shape index (κ2) is 3.61. The molecule has 2 aromatic rings. The molecule has 16 heavy (non-hydrogen) atoms. The first-order chi connectivity index (χ1) is 7.84. The van der Waals surface area contributed by atoms with Crippen molar-refractivity contribution in [2.75, 3.05) is 13.2 Å². The Hall–Kier alpha value is -1.88. The minimum atomic E-state index is -0.0889. The van der Waals surface area contributed by atoms with E-state index in [1.54, 1.807) is 18.5 Å². The third-order valence-electron chi connectivity index (χ3n) is 2.65. The minimum Gasteiger partial charge on any atom is -0.345 e. The first-order valence-corrected chi connectivity index (χ1v) is 5.22.